The third kappa shape index (κ3) is 2.02. The van der Waals surface area contributed by atoms with E-state index >= 15 is 0 Å². The molecule has 0 aromatic rings. The van der Waals surface area contributed by atoms with Gasteiger partial charge in [-0.1, -0.05) is 48.1 Å². The predicted octanol–water partition coefficient (Wildman–Crippen LogP) is 3.81. The van der Waals surface area contributed by atoms with E-state index in [1.54, 1.807) is 0 Å². The SMILES string of the molecule is C=C(C(C)C)[C@H](O)[C@]12O[C@H]1C(C)(C)O[Si]2(C(C)C)C(C)C. The molecular weight excluding hydrogens is 280 g/mol. The van der Waals surface area contributed by atoms with Gasteiger partial charge in [0.15, 0.2) is 0 Å². The van der Waals surface area contributed by atoms with Crippen molar-refractivity contribution in [2.45, 2.75) is 89.5 Å². The van der Waals surface area contributed by atoms with E-state index in [9.17, 15) is 5.11 Å². The summed E-state index contributed by atoms with van der Waals surface area (Å²) in [6, 6.07) is 0. The molecule has 0 aliphatic carbocycles. The Morgan fingerprint density at radius 1 is 1.10 bits per heavy atom. The van der Waals surface area contributed by atoms with Crippen LogP contribution < -0.4 is 0 Å². The predicted molar refractivity (Wildman–Crippen MR) is 88.7 cm³/mol. The lowest BCUT2D eigenvalue weighted by Crippen LogP contribution is -2.61. The van der Waals surface area contributed by atoms with Gasteiger partial charge in [-0.05, 0) is 36.4 Å². The number of hydrogen-bond donors (Lipinski definition) is 1. The van der Waals surface area contributed by atoms with Gasteiger partial charge in [0.25, 0.3) is 0 Å². The van der Waals surface area contributed by atoms with E-state index in [1.807, 2.05) is 0 Å². The Morgan fingerprint density at radius 3 is 1.90 bits per heavy atom. The van der Waals surface area contributed by atoms with Crippen molar-refractivity contribution < 1.29 is 14.3 Å². The van der Waals surface area contributed by atoms with Crippen molar-refractivity contribution in [3.05, 3.63) is 12.2 Å². The van der Waals surface area contributed by atoms with E-state index in [-0.39, 0.29) is 17.6 Å². The first kappa shape index (κ1) is 17.2. The van der Waals surface area contributed by atoms with Crippen LogP contribution in [-0.4, -0.2) is 36.5 Å². The molecule has 2 fully saturated rings. The van der Waals surface area contributed by atoms with Crippen LogP contribution in [0.1, 0.15) is 55.4 Å². The monoisotopic (exact) mass is 312 g/mol. The molecule has 1 N–H and O–H groups in total. The van der Waals surface area contributed by atoms with Crippen LogP contribution >= 0.6 is 0 Å². The Hall–Kier alpha value is -0.163. The number of aliphatic hydroxyl groups excluding tert-OH is 1. The lowest BCUT2D eigenvalue weighted by atomic mass is 9.92. The lowest BCUT2D eigenvalue weighted by Gasteiger charge is -2.44. The molecule has 2 aliphatic rings. The van der Waals surface area contributed by atoms with Crippen LogP contribution in [0.25, 0.3) is 0 Å². The Kier molecular flexibility index (Phi) is 4.03. The average molecular weight is 313 g/mol. The molecular formula is C17H32O3Si. The first-order valence-corrected chi connectivity index (χ1v) is 10.3. The van der Waals surface area contributed by atoms with E-state index in [4.69, 9.17) is 9.16 Å². The maximum absolute atomic E-state index is 11.1. The first-order valence-electron chi connectivity index (χ1n) is 8.19. The van der Waals surface area contributed by atoms with Gasteiger partial charge in [0.05, 0.1) is 5.60 Å². The minimum absolute atomic E-state index is 0.00744. The second kappa shape index (κ2) is 4.92. The molecule has 0 aromatic heterocycles. The summed E-state index contributed by atoms with van der Waals surface area (Å²) in [5.74, 6) is 0.244. The van der Waals surface area contributed by atoms with Crippen LogP contribution in [0.4, 0.5) is 0 Å². The topological polar surface area (TPSA) is 42.0 Å². The highest BCUT2D eigenvalue weighted by Crippen LogP contribution is 2.66. The molecule has 3 atom stereocenters. The molecule has 0 radical (unpaired) electrons. The summed E-state index contributed by atoms with van der Waals surface area (Å²) in [6.07, 6.45) is -0.632. The molecule has 0 spiro atoms. The summed E-state index contributed by atoms with van der Waals surface area (Å²) in [6.45, 7) is 21.4. The normalized spacial score (nSPS) is 34.4. The Bertz CT molecular complexity index is 433. The lowest BCUT2D eigenvalue weighted by molar-refractivity contribution is 0.0383. The van der Waals surface area contributed by atoms with Crippen molar-refractivity contribution in [3.63, 3.8) is 0 Å². The molecule has 0 saturated carbocycles. The van der Waals surface area contributed by atoms with Crippen LogP contribution in [0.3, 0.4) is 0 Å². The second-order valence-electron chi connectivity index (χ2n) is 8.23. The zero-order valence-electron chi connectivity index (χ0n) is 14.9. The maximum atomic E-state index is 11.1. The van der Waals surface area contributed by atoms with Crippen LogP contribution in [0, 0.1) is 5.92 Å². The minimum Gasteiger partial charge on any atom is -0.405 e. The summed E-state index contributed by atoms with van der Waals surface area (Å²) in [4.78, 5) is 0. The van der Waals surface area contributed by atoms with Crippen LogP contribution in [0.15, 0.2) is 12.2 Å². The van der Waals surface area contributed by atoms with Gasteiger partial charge in [0, 0.05) is 0 Å². The molecule has 0 amide bonds. The molecule has 4 heteroatoms. The van der Waals surface area contributed by atoms with Crippen molar-refractivity contribution in [2.75, 3.05) is 0 Å². The van der Waals surface area contributed by atoms with E-state index in [2.05, 4.69) is 62.0 Å². The highest BCUT2D eigenvalue weighted by Gasteiger charge is 2.86. The Balaban J connectivity index is 2.53. The van der Waals surface area contributed by atoms with Crippen molar-refractivity contribution in [2.24, 2.45) is 5.92 Å². The fourth-order valence-electron chi connectivity index (χ4n) is 4.50. The van der Waals surface area contributed by atoms with E-state index in [1.165, 1.54) is 0 Å². The molecule has 2 rings (SSSR count). The van der Waals surface area contributed by atoms with Crippen LogP contribution in [0.5, 0.6) is 0 Å². The summed E-state index contributed by atoms with van der Waals surface area (Å²) in [5, 5.41) is 10.6. The van der Waals surface area contributed by atoms with E-state index < -0.39 is 19.6 Å². The molecule has 3 nitrogen and oxygen atoms in total. The molecule has 21 heavy (non-hydrogen) atoms. The van der Waals surface area contributed by atoms with Crippen molar-refractivity contribution in [3.8, 4) is 0 Å². The molecule has 0 unspecified atom stereocenters. The standard InChI is InChI=1S/C17H32O3Si/c1-10(2)13(7)14(18)17-15(19-17)16(8,9)20-21(17,11(3)4)12(5)6/h10-12,14-15,18H,7H2,1-6,8-9H3/t14-,15-,17+/m0/s1. The summed E-state index contributed by atoms with van der Waals surface area (Å²) < 4.78 is 12.9. The molecule has 122 valence electrons. The molecule has 2 saturated heterocycles. The smallest absolute Gasteiger partial charge is 0.237 e. The third-order valence-electron chi connectivity index (χ3n) is 5.53. The Labute approximate surface area is 130 Å². The zero-order valence-corrected chi connectivity index (χ0v) is 15.9. The van der Waals surface area contributed by atoms with E-state index in [0.717, 1.165) is 5.57 Å². The quantitative estimate of drug-likeness (QED) is 0.477. The number of ether oxygens (including phenoxy) is 1. The fourth-order valence-corrected chi connectivity index (χ4v) is 10.9. The fraction of sp³-hybridized carbons (Fsp3) is 0.882. The third-order valence-corrected chi connectivity index (χ3v) is 11.7. The molecule has 0 aromatic carbocycles. The van der Waals surface area contributed by atoms with Gasteiger partial charge in [-0.2, -0.15) is 0 Å². The highest BCUT2D eigenvalue weighted by molar-refractivity contribution is 6.81. The zero-order chi connectivity index (χ0) is 16.4. The number of aliphatic hydroxyl groups is 1. The number of fused-ring (bicyclic) bond motifs is 1. The van der Waals surface area contributed by atoms with Crippen LogP contribution in [0.2, 0.25) is 11.1 Å². The van der Waals surface area contributed by atoms with E-state index in [0.29, 0.717) is 11.1 Å². The van der Waals surface area contributed by atoms with Gasteiger partial charge in [-0.15, -0.1) is 0 Å². The van der Waals surface area contributed by atoms with Gasteiger partial charge in [0.2, 0.25) is 8.32 Å². The highest BCUT2D eigenvalue weighted by atomic mass is 28.4. The van der Waals surface area contributed by atoms with Crippen molar-refractivity contribution >= 4 is 8.32 Å². The van der Waals surface area contributed by atoms with Gasteiger partial charge in [-0.25, -0.2) is 0 Å². The average Bonchev–Trinajstić information content (AvgIpc) is 3.06. The van der Waals surface area contributed by atoms with Gasteiger partial charge in [0.1, 0.15) is 17.4 Å². The minimum atomic E-state index is -2.31. The first-order chi connectivity index (χ1) is 9.45. The molecule has 2 aliphatic heterocycles. The van der Waals surface area contributed by atoms with Gasteiger partial charge >= 0.3 is 0 Å². The molecule has 0 bridgehead atoms. The van der Waals surface area contributed by atoms with Gasteiger partial charge < -0.3 is 14.3 Å². The summed E-state index contributed by atoms with van der Waals surface area (Å²) >= 11 is 0. The largest absolute Gasteiger partial charge is 0.405 e. The van der Waals surface area contributed by atoms with Crippen LogP contribution in [-0.2, 0) is 9.16 Å². The van der Waals surface area contributed by atoms with Gasteiger partial charge in [-0.3, -0.25) is 0 Å². The summed E-state index contributed by atoms with van der Waals surface area (Å²) in [5.41, 5.74) is 1.33. The van der Waals surface area contributed by atoms with Crippen molar-refractivity contribution in [1.29, 1.82) is 0 Å². The molecule has 2 heterocycles. The maximum Gasteiger partial charge on any atom is 0.237 e. The second-order valence-corrected chi connectivity index (χ2v) is 13.1. The van der Waals surface area contributed by atoms with Crippen molar-refractivity contribution in [1.82, 2.24) is 0 Å². The Morgan fingerprint density at radius 2 is 1.57 bits per heavy atom. The number of hydrogen-bond acceptors (Lipinski definition) is 3. The summed E-state index contributed by atoms with van der Waals surface area (Å²) in [7, 11) is -2.31. The number of epoxide rings is 1. The number of rotatable bonds is 5.